The van der Waals surface area contributed by atoms with Crippen LogP contribution >= 0.6 is 23.2 Å². The number of anilines is 1. The average Bonchev–Trinajstić information content (AvgIpc) is 3.08. The molecule has 3 rings (SSSR count). The molecule has 0 atom stereocenters. The molecule has 0 aliphatic rings. The van der Waals surface area contributed by atoms with Gasteiger partial charge < -0.3 is 14.5 Å². The lowest BCUT2D eigenvalue weighted by Gasteiger charge is -2.05. The number of halogens is 2. The van der Waals surface area contributed by atoms with Crippen LogP contribution in [0.15, 0.2) is 59.0 Å². The first-order valence-electron chi connectivity index (χ1n) is 7.65. The summed E-state index contributed by atoms with van der Waals surface area (Å²) in [4.78, 5) is 22.7. The zero-order valence-corrected chi connectivity index (χ0v) is 15.2. The van der Waals surface area contributed by atoms with Crippen molar-refractivity contribution in [1.29, 1.82) is 0 Å². The van der Waals surface area contributed by atoms with Crippen molar-refractivity contribution in [2.24, 2.45) is 0 Å². The number of hydrogen-bond donors (Lipinski definition) is 1. The second-order valence-electron chi connectivity index (χ2n) is 5.39. The van der Waals surface area contributed by atoms with Crippen LogP contribution in [0.3, 0.4) is 0 Å². The predicted octanol–water partition coefficient (Wildman–Crippen LogP) is 5.33. The summed E-state index contributed by atoms with van der Waals surface area (Å²) in [5.74, 6) is -0.00145. The molecule has 0 spiro atoms. The van der Waals surface area contributed by atoms with Gasteiger partial charge in [0.15, 0.2) is 11.5 Å². The minimum Gasteiger partial charge on any atom is -0.479 e. The van der Waals surface area contributed by atoms with Gasteiger partial charge in [-0.05, 0) is 36.4 Å². The predicted molar refractivity (Wildman–Crippen MR) is 101 cm³/mol. The molecule has 7 nitrogen and oxygen atoms in total. The Balaban J connectivity index is 1.66. The van der Waals surface area contributed by atoms with E-state index in [0.717, 1.165) is 0 Å². The van der Waals surface area contributed by atoms with Gasteiger partial charge in [-0.1, -0.05) is 35.3 Å². The van der Waals surface area contributed by atoms with E-state index in [9.17, 15) is 14.9 Å². The van der Waals surface area contributed by atoms with Crippen LogP contribution in [0.5, 0.6) is 5.75 Å². The molecule has 3 aromatic rings. The fraction of sp³-hybridized carbons (Fsp3) is 0.0556. The minimum absolute atomic E-state index is 0.0484. The van der Waals surface area contributed by atoms with Crippen molar-refractivity contribution in [3.63, 3.8) is 0 Å². The highest BCUT2D eigenvalue weighted by Gasteiger charge is 2.16. The first kappa shape index (κ1) is 18.8. The summed E-state index contributed by atoms with van der Waals surface area (Å²) in [5, 5.41) is 14.4. The number of hydrogen-bond acceptors (Lipinski definition) is 5. The van der Waals surface area contributed by atoms with Gasteiger partial charge >= 0.3 is 5.69 Å². The fourth-order valence-electron chi connectivity index (χ4n) is 2.28. The summed E-state index contributed by atoms with van der Waals surface area (Å²) in [6, 6.07) is 13.7. The second-order valence-corrected chi connectivity index (χ2v) is 6.26. The number of amides is 1. The van der Waals surface area contributed by atoms with Crippen LogP contribution in [-0.2, 0) is 6.61 Å². The number of nitro benzene ring substituents is 1. The molecule has 0 bridgehead atoms. The largest absolute Gasteiger partial charge is 0.479 e. The number of ether oxygens (including phenoxy) is 1. The van der Waals surface area contributed by atoms with Crippen molar-refractivity contribution in [2.45, 2.75) is 6.61 Å². The Kier molecular flexibility index (Phi) is 5.63. The molecule has 0 radical (unpaired) electrons. The van der Waals surface area contributed by atoms with E-state index in [1.807, 2.05) is 0 Å². The Morgan fingerprint density at radius 3 is 2.52 bits per heavy atom. The average molecular weight is 407 g/mol. The number of nitrogens with one attached hydrogen (secondary N) is 1. The number of furan rings is 1. The Labute approximate surface area is 163 Å². The van der Waals surface area contributed by atoms with E-state index in [-0.39, 0.29) is 23.8 Å². The van der Waals surface area contributed by atoms with Gasteiger partial charge in [0, 0.05) is 21.8 Å². The first-order chi connectivity index (χ1) is 12.9. The van der Waals surface area contributed by atoms with Crippen molar-refractivity contribution in [3.8, 4) is 5.75 Å². The van der Waals surface area contributed by atoms with E-state index < -0.39 is 10.8 Å². The molecule has 2 aromatic carbocycles. The zero-order chi connectivity index (χ0) is 19.4. The highest BCUT2D eigenvalue weighted by atomic mass is 35.5. The van der Waals surface area contributed by atoms with Crippen molar-refractivity contribution < 1.29 is 18.9 Å². The Bertz CT molecular complexity index is 983. The number of para-hydroxylation sites is 2. The van der Waals surface area contributed by atoms with Crippen LogP contribution < -0.4 is 10.1 Å². The molecular formula is C18H12Cl2N2O5. The lowest BCUT2D eigenvalue weighted by Crippen LogP contribution is -2.10. The third kappa shape index (κ3) is 4.78. The van der Waals surface area contributed by atoms with E-state index in [1.54, 1.807) is 36.4 Å². The van der Waals surface area contributed by atoms with Crippen LogP contribution in [0.4, 0.5) is 11.4 Å². The van der Waals surface area contributed by atoms with E-state index >= 15 is 0 Å². The molecule has 27 heavy (non-hydrogen) atoms. The lowest BCUT2D eigenvalue weighted by atomic mass is 10.3. The lowest BCUT2D eigenvalue weighted by molar-refractivity contribution is -0.386. The molecule has 1 amide bonds. The molecule has 0 unspecified atom stereocenters. The third-order valence-electron chi connectivity index (χ3n) is 3.44. The maximum atomic E-state index is 12.2. The van der Waals surface area contributed by atoms with Gasteiger partial charge in [0.2, 0.25) is 0 Å². The number of rotatable bonds is 6. The molecule has 1 heterocycles. The van der Waals surface area contributed by atoms with Crippen LogP contribution in [0.1, 0.15) is 16.3 Å². The normalized spacial score (nSPS) is 10.4. The van der Waals surface area contributed by atoms with E-state index in [1.165, 1.54) is 18.2 Å². The number of benzene rings is 2. The molecular weight excluding hydrogens is 395 g/mol. The van der Waals surface area contributed by atoms with Crippen LogP contribution in [0.25, 0.3) is 0 Å². The molecule has 138 valence electrons. The highest BCUT2D eigenvalue weighted by Crippen LogP contribution is 2.27. The van der Waals surface area contributed by atoms with Crippen LogP contribution in [0.2, 0.25) is 10.0 Å². The van der Waals surface area contributed by atoms with Gasteiger partial charge in [0.1, 0.15) is 12.4 Å². The zero-order valence-electron chi connectivity index (χ0n) is 13.6. The number of carbonyl (C=O) groups is 1. The Hall–Kier alpha value is -3.03. The van der Waals surface area contributed by atoms with E-state index in [0.29, 0.717) is 21.5 Å². The van der Waals surface area contributed by atoms with E-state index in [4.69, 9.17) is 32.4 Å². The van der Waals surface area contributed by atoms with E-state index in [2.05, 4.69) is 5.32 Å². The first-order valence-corrected chi connectivity index (χ1v) is 8.40. The van der Waals surface area contributed by atoms with Gasteiger partial charge in [-0.25, -0.2) is 0 Å². The fourth-order valence-corrected chi connectivity index (χ4v) is 2.80. The summed E-state index contributed by atoms with van der Waals surface area (Å²) in [6.07, 6.45) is 0. The quantitative estimate of drug-likeness (QED) is 0.441. The smallest absolute Gasteiger partial charge is 0.310 e. The van der Waals surface area contributed by atoms with Crippen LogP contribution in [0, 0.1) is 10.1 Å². The molecule has 1 aromatic heterocycles. The van der Waals surface area contributed by atoms with Gasteiger partial charge in [-0.3, -0.25) is 14.9 Å². The number of nitro groups is 1. The second kappa shape index (κ2) is 8.11. The number of nitrogens with zero attached hydrogens (tertiary/aromatic N) is 1. The molecule has 0 aliphatic heterocycles. The summed E-state index contributed by atoms with van der Waals surface area (Å²) < 4.78 is 10.9. The van der Waals surface area contributed by atoms with Crippen molar-refractivity contribution >= 4 is 40.5 Å². The number of carbonyl (C=O) groups excluding carboxylic acids is 1. The van der Waals surface area contributed by atoms with Crippen molar-refractivity contribution in [2.75, 3.05) is 5.32 Å². The van der Waals surface area contributed by atoms with Crippen molar-refractivity contribution in [1.82, 2.24) is 0 Å². The summed E-state index contributed by atoms with van der Waals surface area (Å²) in [6.45, 7) is -0.0683. The summed E-state index contributed by atoms with van der Waals surface area (Å²) in [7, 11) is 0. The van der Waals surface area contributed by atoms with Crippen LogP contribution in [-0.4, -0.2) is 10.8 Å². The molecule has 0 fully saturated rings. The third-order valence-corrected chi connectivity index (χ3v) is 3.87. The maximum Gasteiger partial charge on any atom is 0.310 e. The minimum atomic E-state index is -0.535. The maximum absolute atomic E-state index is 12.2. The summed E-state index contributed by atoms with van der Waals surface area (Å²) >= 11 is 11.8. The van der Waals surface area contributed by atoms with Gasteiger partial charge in [0.05, 0.1) is 4.92 Å². The molecule has 9 heteroatoms. The molecule has 1 N–H and O–H groups in total. The van der Waals surface area contributed by atoms with Gasteiger partial charge in [-0.15, -0.1) is 0 Å². The summed E-state index contributed by atoms with van der Waals surface area (Å²) in [5.41, 5.74) is 0.270. The van der Waals surface area contributed by atoms with Gasteiger partial charge in [-0.2, -0.15) is 0 Å². The Morgan fingerprint density at radius 1 is 1.11 bits per heavy atom. The monoisotopic (exact) mass is 406 g/mol. The SMILES string of the molecule is O=C(Nc1cc(Cl)cc(Cl)c1)c1ccc(COc2ccccc2[N+](=O)[O-])o1. The topological polar surface area (TPSA) is 94.6 Å². The molecule has 0 saturated carbocycles. The van der Waals surface area contributed by atoms with Gasteiger partial charge in [0.25, 0.3) is 5.91 Å². The Morgan fingerprint density at radius 2 is 1.81 bits per heavy atom. The molecule has 0 saturated heterocycles. The highest BCUT2D eigenvalue weighted by molar-refractivity contribution is 6.35. The standard InChI is InChI=1S/C18H12Cl2N2O5/c19-11-7-12(20)9-13(8-11)21-18(23)17-6-5-14(27-17)10-26-16-4-2-1-3-15(16)22(24)25/h1-9H,10H2,(H,21,23). The van der Waals surface area contributed by atoms with Crippen molar-refractivity contribution in [3.05, 3.63) is 86.3 Å². The molecule has 0 aliphatic carbocycles.